The summed E-state index contributed by atoms with van der Waals surface area (Å²) < 4.78 is 47.3. The van der Waals surface area contributed by atoms with Crippen molar-refractivity contribution in [2.24, 2.45) is 0 Å². The number of nitriles is 1. The van der Waals surface area contributed by atoms with Gasteiger partial charge in [0, 0.05) is 56.6 Å². The first-order chi connectivity index (χ1) is 21.1. The van der Waals surface area contributed by atoms with Crippen LogP contribution in [0.5, 0.6) is 0 Å². The molecule has 0 atom stereocenters. The van der Waals surface area contributed by atoms with E-state index in [0.29, 0.717) is 60.8 Å². The summed E-state index contributed by atoms with van der Waals surface area (Å²) in [5.41, 5.74) is 4.21. The Morgan fingerprint density at radius 2 is 1.39 bits per heavy atom. The fraction of sp³-hybridized carbons (Fsp3) is 0.343. The van der Waals surface area contributed by atoms with Crippen LogP contribution in [0.25, 0.3) is 21.9 Å². The third-order valence-corrected chi connectivity index (χ3v) is 12.7. The lowest BCUT2D eigenvalue weighted by atomic mass is 9.89. The number of anilines is 1. The van der Waals surface area contributed by atoms with Crippen LogP contribution in [0.1, 0.15) is 43.9 Å². The minimum atomic E-state index is -4.02. The van der Waals surface area contributed by atoms with Crippen molar-refractivity contribution in [3.63, 3.8) is 0 Å². The van der Waals surface area contributed by atoms with Gasteiger partial charge in [-0.15, -0.1) is 0 Å². The van der Waals surface area contributed by atoms with E-state index in [1.165, 1.54) is 0 Å². The quantitative estimate of drug-likeness (QED) is 0.133. The highest BCUT2D eigenvalue weighted by Crippen LogP contribution is 2.43. The van der Waals surface area contributed by atoms with Crippen LogP contribution in [-0.4, -0.2) is 51.1 Å². The summed E-state index contributed by atoms with van der Waals surface area (Å²) >= 11 is 0. The summed E-state index contributed by atoms with van der Waals surface area (Å²) in [6.45, 7) is 9.17. The first-order valence-corrected chi connectivity index (χ1v) is 18.5. The Balaban J connectivity index is 1.98. The Labute approximate surface area is 263 Å². The second-order valence-electron chi connectivity index (χ2n) is 10.8. The molecule has 0 aliphatic rings. The molecular formula is C35H42N2O5SSi. The maximum atomic E-state index is 14.5. The van der Waals surface area contributed by atoms with Crippen molar-refractivity contribution < 1.29 is 21.7 Å². The summed E-state index contributed by atoms with van der Waals surface area (Å²) in [6.07, 6.45) is 1.17. The van der Waals surface area contributed by atoms with Crippen LogP contribution in [-0.2, 0) is 29.5 Å². The van der Waals surface area contributed by atoms with Gasteiger partial charge in [0.2, 0.25) is 9.84 Å². The first kappa shape index (κ1) is 33.4. The predicted molar refractivity (Wildman–Crippen MR) is 179 cm³/mol. The van der Waals surface area contributed by atoms with Gasteiger partial charge in [-0.05, 0) is 81.3 Å². The van der Waals surface area contributed by atoms with Crippen molar-refractivity contribution in [1.29, 1.82) is 5.26 Å². The Hall–Kier alpha value is -3.52. The van der Waals surface area contributed by atoms with Gasteiger partial charge in [0.05, 0.1) is 15.4 Å². The highest BCUT2D eigenvalue weighted by atomic mass is 32.2. The minimum Gasteiger partial charge on any atom is -0.378 e. The Kier molecular flexibility index (Phi) is 11.0. The van der Waals surface area contributed by atoms with Crippen molar-refractivity contribution >= 4 is 35.1 Å². The van der Waals surface area contributed by atoms with Crippen molar-refractivity contribution in [2.75, 3.05) is 38.8 Å². The fourth-order valence-corrected chi connectivity index (χ4v) is 9.96. The van der Waals surface area contributed by atoms with E-state index in [4.69, 9.17) is 13.3 Å². The number of rotatable bonds is 14. The molecule has 0 saturated heterocycles. The number of sulfone groups is 1. The van der Waals surface area contributed by atoms with Gasteiger partial charge in [-0.3, -0.25) is 0 Å². The number of nitrogens with zero attached hydrogens (tertiary/aromatic N) is 2. The van der Waals surface area contributed by atoms with Crippen molar-refractivity contribution in [2.45, 2.75) is 56.4 Å². The molecule has 0 saturated carbocycles. The van der Waals surface area contributed by atoms with Crippen LogP contribution < -0.4 is 4.90 Å². The third-order valence-electron chi connectivity index (χ3n) is 7.66. The molecule has 0 unspecified atom stereocenters. The lowest BCUT2D eigenvalue weighted by Crippen LogP contribution is -2.46. The maximum Gasteiger partial charge on any atom is 0.500 e. The lowest BCUT2D eigenvalue weighted by Gasteiger charge is -2.28. The molecule has 9 heteroatoms. The highest BCUT2D eigenvalue weighted by molar-refractivity contribution is 7.91. The summed E-state index contributed by atoms with van der Waals surface area (Å²) in [5.74, 6) is 0. The summed E-state index contributed by atoms with van der Waals surface area (Å²) in [6, 6.07) is 25.1. The number of hydrogen-bond acceptors (Lipinski definition) is 7. The highest BCUT2D eigenvalue weighted by Gasteiger charge is 2.40. The van der Waals surface area contributed by atoms with Gasteiger partial charge in [0.25, 0.3) is 0 Å². The minimum absolute atomic E-state index is 0.150. The second-order valence-corrected chi connectivity index (χ2v) is 15.4. The van der Waals surface area contributed by atoms with E-state index < -0.39 is 18.6 Å². The zero-order valence-electron chi connectivity index (χ0n) is 26.5. The number of fused-ring (bicyclic) bond motifs is 1. The Morgan fingerprint density at radius 3 is 1.91 bits per heavy atom. The molecule has 7 nitrogen and oxygen atoms in total. The third kappa shape index (κ3) is 6.90. The first-order valence-electron chi connectivity index (χ1n) is 15.1. The fourth-order valence-electron chi connectivity index (χ4n) is 5.66. The van der Waals surface area contributed by atoms with Gasteiger partial charge >= 0.3 is 8.80 Å². The molecule has 0 N–H and O–H groups in total. The van der Waals surface area contributed by atoms with E-state index >= 15 is 0 Å². The standard InChI is InChI=1S/C35H42N2O5SSi/c1-7-40-44(41-8-2,42-9-3)24-12-15-31-30-13-10-11-14-32(30)35(43(38,39)29-22-16-26(4)17-23-29)34(33(31)25-36)27-18-20-28(21-19-27)37(5)6/h10-11,13-14,16-23H,7-9,12,15,24H2,1-6H3. The molecule has 4 aromatic carbocycles. The number of hydrogen-bond donors (Lipinski definition) is 0. The van der Waals surface area contributed by atoms with Gasteiger partial charge in [-0.25, -0.2) is 8.42 Å². The zero-order chi connectivity index (χ0) is 31.9. The van der Waals surface area contributed by atoms with Crippen LogP contribution in [0, 0.1) is 18.3 Å². The largest absolute Gasteiger partial charge is 0.500 e. The topological polar surface area (TPSA) is 88.9 Å². The molecule has 232 valence electrons. The monoisotopic (exact) mass is 630 g/mol. The average Bonchev–Trinajstić information content (AvgIpc) is 3.01. The summed E-state index contributed by atoms with van der Waals surface area (Å²) in [7, 11) is -3.03. The van der Waals surface area contributed by atoms with Gasteiger partial charge in [0.15, 0.2) is 0 Å². The normalized spacial score (nSPS) is 11.9. The molecule has 4 rings (SSSR count). The summed E-state index contributed by atoms with van der Waals surface area (Å²) in [4.78, 5) is 2.32. The van der Waals surface area contributed by atoms with E-state index in [0.717, 1.165) is 22.2 Å². The van der Waals surface area contributed by atoms with Gasteiger partial charge in [0.1, 0.15) is 6.07 Å². The van der Waals surface area contributed by atoms with E-state index in [1.807, 2.05) is 95.2 Å². The number of benzene rings is 4. The molecule has 0 fully saturated rings. The van der Waals surface area contributed by atoms with E-state index in [1.54, 1.807) is 24.3 Å². The lowest BCUT2D eigenvalue weighted by molar-refractivity contribution is 0.0708. The Bertz CT molecular complexity index is 1710. The molecule has 0 aromatic heterocycles. The molecule has 0 aliphatic carbocycles. The van der Waals surface area contributed by atoms with Crippen LogP contribution in [0.4, 0.5) is 5.69 Å². The molecule has 0 amide bonds. The molecule has 4 aromatic rings. The van der Waals surface area contributed by atoms with Crippen molar-refractivity contribution in [1.82, 2.24) is 0 Å². The molecule has 0 heterocycles. The van der Waals surface area contributed by atoms with Gasteiger partial charge in [-0.1, -0.05) is 54.1 Å². The number of aryl methyl sites for hydroxylation is 2. The van der Waals surface area contributed by atoms with E-state index in [9.17, 15) is 13.7 Å². The van der Waals surface area contributed by atoms with Gasteiger partial charge < -0.3 is 18.2 Å². The molecule has 44 heavy (non-hydrogen) atoms. The molecule has 0 radical (unpaired) electrons. The van der Waals surface area contributed by atoms with E-state index in [-0.39, 0.29) is 9.79 Å². The molecular weight excluding hydrogens is 589 g/mol. The molecule has 0 spiro atoms. The predicted octanol–water partition coefficient (Wildman–Crippen LogP) is 7.57. The second kappa shape index (κ2) is 14.5. The molecule has 0 bridgehead atoms. The van der Waals surface area contributed by atoms with Crippen molar-refractivity contribution in [3.05, 3.63) is 89.5 Å². The van der Waals surface area contributed by atoms with Crippen LogP contribution in [0.15, 0.2) is 82.6 Å². The van der Waals surface area contributed by atoms with Crippen LogP contribution >= 0.6 is 0 Å². The zero-order valence-corrected chi connectivity index (χ0v) is 28.3. The van der Waals surface area contributed by atoms with Crippen LogP contribution in [0.3, 0.4) is 0 Å². The molecule has 0 aliphatic heterocycles. The van der Waals surface area contributed by atoms with Gasteiger partial charge in [-0.2, -0.15) is 5.26 Å². The average molecular weight is 631 g/mol. The maximum absolute atomic E-state index is 14.5. The van der Waals surface area contributed by atoms with E-state index in [2.05, 4.69) is 6.07 Å². The Morgan fingerprint density at radius 1 is 0.818 bits per heavy atom. The smallest absolute Gasteiger partial charge is 0.378 e. The summed E-state index contributed by atoms with van der Waals surface area (Å²) in [5, 5.41) is 12.1. The van der Waals surface area contributed by atoms with Crippen LogP contribution in [0.2, 0.25) is 6.04 Å². The SMILES string of the molecule is CCO[Si](CCCc1c(C#N)c(-c2ccc(N(C)C)cc2)c(S(=O)(=O)c2ccc(C)cc2)c2ccccc12)(OCC)OCC. The van der Waals surface area contributed by atoms with Crippen molar-refractivity contribution in [3.8, 4) is 17.2 Å².